The lowest BCUT2D eigenvalue weighted by atomic mass is 10.00. The summed E-state index contributed by atoms with van der Waals surface area (Å²) in [5.74, 6) is 1.28. The van der Waals surface area contributed by atoms with E-state index >= 15 is 0 Å². The van der Waals surface area contributed by atoms with Crippen molar-refractivity contribution in [2.45, 2.75) is 0 Å². The van der Waals surface area contributed by atoms with Gasteiger partial charge in [-0.05, 0) is 89.6 Å². The van der Waals surface area contributed by atoms with E-state index in [1.54, 1.807) is 0 Å². The molecule has 0 aliphatic carbocycles. The van der Waals surface area contributed by atoms with Gasteiger partial charge >= 0.3 is 0 Å². The molecule has 57 heavy (non-hydrogen) atoms. The summed E-state index contributed by atoms with van der Waals surface area (Å²) in [5.41, 5.74) is 8.59. The molecule has 0 spiro atoms. The molecule has 0 N–H and O–H groups in total. The van der Waals surface area contributed by atoms with E-state index in [4.69, 9.17) is 29.3 Å². The maximum atomic E-state index is 6.42. The molecule has 0 unspecified atom stereocenters. The maximum Gasteiger partial charge on any atom is 0.237 e. The molecule has 8 nitrogen and oxygen atoms in total. The Bertz CT molecular complexity index is 3730. The number of hydrogen-bond donors (Lipinski definition) is 0. The van der Waals surface area contributed by atoms with Crippen LogP contribution in [0.4, 0.5) is 0 Å². The molecule has 0 atom stereocenters. The molecule has 0 aliphatic rings. The van der Waals surface area contributed by atoms with E-state index in [2.05, 4.69) is 143 Å². The largest absolute Gasteiger partial charge is 0.456 e. The van der Waals surface area contributed by atoms with Gasteiger partial charge in [0.15, 0.2) is 0 Å². The SMILES string of the molecule is c1ccc2c(c1)ccc1oc3ccc(-c4nc(-n5c6ccccc6c6cccnc65)nc5c4ccc4ccc(-n6c7ccccc7c7cccnc76)nc45)cc3c12. The van der Waals surface area contributed by atoms with Crippen LogP contribution < -0.4 is 0 Å². The average molecular weight is 730 g/mol. The second-order valence-corrected chi connectivity index (χ2v) is 14.5. The molecule has 0 saturated carbocycles. The van der Waals surface area contributed by atoms with E-state index in [0.717, 1.165) is 110 Å². The van der Waals surface area contributed by atoms with Gasteiger partial charge in [-0.2, -0.15) is 0 Å². The third kappa shape index (κ3) is 4.23. The summed E-state index contributed by atoms with van der Waals surface area (Å²) in [7, 11) is 0. The third-order valence-corrected chi connectivity index (χ3v) is 11.4. The first kappa shape index (κ1) is 30.4. The van der Waals surface area contributed by atoms with E-state index in [-0.39, 0.29) is 0 Å². The molecule has 0 saturated heterocycles. The second-order valence-electron chi connectivity index (χ2n) is 14.5. The monoisotopic (exact) mass is 729 g/mol. The van der Waals surface area contributed by atoms with E-state index in [1.807, 2.05) is 30.6 Å². The molecular formula is C49H27N7O. The Kier molecular flexibility index (Phi) is 6.01. The fourth-order valence-electron chi connectivity index (χ4n) is 8.92. The van der Waals surface area contributed by atoms with Crippen molar-refractivity contribution in [3.05, 3.63) is 164 Å². The highest BCUT2D eigenvalue weighted by Crippen LogP contribution is 2.40. The molecular weight excluding hydrogens is 703 g/mol. The fourth-order valence-corrected chi connectivity index (χ4v) is 8.92. The van der Waals surface area contributed by atoms with Crippen molar-refractivity contribution in [1.82, 2.24) is 34.1 Å². The Labute approximate surface area is 322 Å². The van der Waals surface area contributed by atoms with Crippen molar-refractivity contribution < 1.29 is 4.42 Å². The molecule has 7 heterocycles. The number of fused-ring (bicyclic) bond motifs is 14. The fraction of sp³-hybridized carbons (Fsp3) is 0. The molecule has 13 aromatic rings. The number of benzene rings is 6. The van der Waals surface area contributed by atoms with Crippen molar-refractivity contribution in [3.8, 4) is 23.0 Å². The van der Waals surface area contributed by atoms with Gasteiger partial charge in [0.25, 0.3) is 0 Å². The van der Waals surface area contributed by atoms with Crippen molar-refractivity contribution in [2.24, 2.45) is 0 Å². The van der Waals surface area contributed by atoms with Gasteiger partial charge in [-0.3, -0.25) is 9.13 Å². The van der Waals surface area contributed by atoms with Crippen LogP contribution in [0.1, 0.15) is 0 Å². The summed E-state index contributed by atoms with van der Waals surface area (Å²) >= 11 is 0. The number of para-hydroxylation sites is 2. The summed E-state index contributed by atoms with van der Waals surface area (Å²) < 4.78 is 10.6. The minimum atomic E-state index is 0.517. The Hall–Kier alpha value is -7.97. The van der Waals surface area contributed by atoms with Gasteiger partial charge in [-0.1, -0.05) is 72.8 Å². The molecule has 8 heteroatoms. The number of pyridine rings is 3. The zero-order valence-electron chi connectivity index (χ0n) is 30.1. The molecule has 13 rings (SSSR count). The molecule has 0 amide bonds. The van der Waals surface area contributed by atoms with Crippen molar-refractivity contribution >= 4 is 98.4 Å². The highest BCUT2D eigenvalue weighted by atomic mass is 16.3. The van der Waals surface area contributed by atoms with Crippen molar-refractivity contribution in [3.63, 3.8) is 0 Å². The quantitative estimate of drug-likeness (QED) is 0.168. The molecule has 0 bridgehead atoms. The highest BCUT2D eigenvalue weighted by Gasteiger charge is 2.22. The van der Waals surface area contributed by atoms with Gasteiger partial charge in [0, 0.05) is 61.0 Å². The Morgan fingerprint density at radius 1 is 0.421 bits per heavy atom. The Balaban J connectivity index is 1.15. The van der Waals surface area contributed by atoms with Gasteiger partial charge in [-0.15, -0.1) is 0 Å². The van der Waals surface area contributed by atoms with Crippen LogP contribution in [0.15, 0.2) is 168 Å². The van der Waals surface area contributed by atoms with E-state index in [9.17, 15) is 0 Å². The first-order valence-corrected chi connectivity index (χ1v) is 18.9. The minimum absolute atomic E-state index is 0.517. The molecule has 264 valence electrons. The Morgan fingerprint density at radius 3 is 1.88 bits per heavy atom. The minimum Gasteiger partial charge on any atom is -0.456 e. The zero-order valence-corrected chi connectivity index (χ0v) is 30.1. The van der Waals surface area contributed by atoms with Crippen molar-refractivity contribution in [1.29, 1.82) is 0 Å². The van der Waals surface area contributed by atoms with Crippen molar-refractivity contribution in [2.75, 3.05) is 0 Å². The Morgan fingerprint density at radius 2 is 1.07 bits per heavy atom. The average Bonchev–Trinajstić information content (AvgIpc) is 3.93. The van der Waals surface area contributed by atoms with Crippen LogP contribution in [0.25, 0.3) is 121 Å². The topological polar surface area (TPSA) is 87.5 Å². The molecule has 6 aromatic carbocycles. The van der Waals surface area contributed by atoms with Crippen LogP contribution in [-0.2, 0) is 0 Å². The van der Waals surface area contributed by atoms with Crippen LogP contribution in [-0.4, -0.2) is 34.1 Å². The van der Waals surface area contributed by atoms with Gasteiger partial charge < -0.3 is 4.42 Å². The predicted octanol–water partition coefficient (Wildman–Crippen LogP) is 11.9. The standard InChI is InChI=1S/C49H27N7O/c1-2-10-31-28(9-1)18-23-41-43(31)37-27-30(19-22-40(37)57-41)44-36-21-17-29-20-24-42(55-38-15-5-3-11-32(38)34-13-7-25-50-47(34)55)52-45(29)46(36)54-49(53-44)56-39-16-6-4-12-33(39)35-14-8-26-51-48(35)56/h1-27H. The van der Waals surface area contributed by atoms with E-state index in [0.29, 0.717) is 5.95 Å². The smallest absolute Gasteiger partial charge is 0.237 e. The summed E-state index contributed by atoms with van der Waals surface area (Å²) in [5, 5.41) is 10.6. The van der Waals surface area contributed by atoms with Crippen LogP contribution in [0.3, 0.4) is 0 Å². The number of furan rings is 1. The normalized spacial score (nSPS) is 12.2. The van der Waals surface area contributed by atoms with Crippen LogP contribution in [0, 0.1) is 0 Å². The first-order chi connectivity index (χ1) is 28.3. The molecule has 0 radical (unpaired) electrons. The molecule has 0 aliphatic heterocycles. The van der Waals surface area contributed by atoms with E-state index in [1.165, 1.54) is 5.39 Å². The number of rotatable bonds is 3. The van der Waals surface area contributed by atoms with Gasteiger partial charge in [0.05, 0.1) is 22.2 Å². The van der Waals surface area contributed by atoms with Gasteiger partial charge in [0.1, 0.15) is 33.8 Å². The van der Waals surface area contributed by atoms with E-state index < -0.39 is 0 Å². The van der Waals surface area contributed by atoms with Crippen LogP contribution in [0.2, 0.25) is 0 Å². The first-order valence-electron chi connectivity index (χ1n) is 18.9. The molecule has 7 aromatic heterocycles. The third-order valence-electron chi connectivity index (χ3n) is 11.4. The summed E-state index contributed by atoms with van der Waals surface area (Å²) in [6.45, 7) is 0. The van der Waals surface area contributed by atoms with Crippen LogP contribution >= 0.6 is 0 Å². The predicted molar refractivity (Wildman–Crippen MR) is 229 cm³/mol. The lowest BCUT2D eigenvalue weighted by molar-refractivity contribution is 0.669. The summed E-state index contributed by atoms with van der Waals surface area (Å²) in [4.78, 5) is 26.0. The molecule has 0 fully saturated rings. The summed E-state index contributed by atoms with van der Waals surface area (Å²) in [6.07, 6.45) is 3.66. The highest BCUT2D eigenvalue weighted by molar-refractivity contribution is 6.20. The summed E-state index contributed by atoms with van der Waals surface area (Å²) in [6, 6.07) is 52.3. The zero-order chi connectivity index (χ0) is 37.2. The lowest BCUT2D eigenvalue weighted by Crippen LogP contribution is -2.05. The number of nitrogens with zero attached hydrogens (tertiary/aromatic N) is 7. The maximum absolute atomic E-state index is 6.42. The van der Waals surface area contributed by atoms with Crippen LogP contribution in [0.5, 0.6) is 0 Å². The second kappa shape index (κ2) is 11.3. The van der Waals surface area contributed by atoms with Gasteiger partial charge in [0.2, 0.25) is 5.95 Å². The number of aromatic nitrogens is 7. The lowest BCUT2D eigenvalue weighted by Gasteiger charge is -2.14. The number of hydrogen-bond acceptors (Lipinski definition) is 6. The van der Waals surface area contributed by atoms with Gasteiger partial charge in [-0.25, -0.2) is 24.9 Å².